The van der Waals surface area contributed by atoms with Crippen molar-refractivity contribution in [1.82, 2.24) is 5.32 Å². The van der Waals surface area contributed by atoms with Gasteiger partial charge in [-0.05, 0) is 37.4 Å². The first-order valence-corrected chi connectivity index (χ1v) is 6.19. The number of ether oxygens (including phenoxy) is 1. The van der Waals surface area contributed by atoms with Gasteiger partial charge in [0.1, 0.15) is 18.2 Å². The molecule has 0 amide bonds. The third-order valence-electron chi connectivity index (χ3n) is 2.59. The van der Waals surface area contributed by atoms with E-state index < -0.39 is 0 Å². The van der Waals surface area contributed by atoms with Crippen LogP contribution in [0.2, 0.25) is 0 Å². The van der Waals surface area contributed by atoms with Gasteiger partial charge in [0.2, 0.25) is 0 Å². The van der Waals surface area contributed by atoms with E-state index >= 15 is 0 Å². The molecule has 96 valence electrons. The highest BCUT2D eigenvalue weighted by Crippen LogP contribution is 2.18. The molecule has 17 heavy (non-hydrogen) atoms. The number of halogens is 1. The molecule has 1 N–H and O–H groups in total. The molecule has 0 bridgehead atoms. The van der Waals surface area contributed by atoms with E-state index in [0.717, 1.165) is 18.7 Å². The van der Waals surface area contributed by atoms with E-state index in [0.29, 0.717) is 18.3 Å². The van der Waals surface area contributed by atoms with Crippen LogP contribution < -0.4 is 10.1 Å². The van der Waals surface area contributed by atoms with Crippen LogP contribution in [0.5, 0.6) is 5.75 Å². The summed E-state index contributed by atoms with van der Waals surface area (Å²) in [6.45, 7) is 8.69. The summed E-state index contributed by atoms with van der Waals surface area (Å²) in [6, 6.07) is 4.61. The van der Waals surface area contributed by atoms with Crippen molar-refractivity contribution in [2.75, 3.05) is 19.7 Å². The van der Waals surface area contributed by atoms with Gasteiger partial charge in [-0.25, -0.2) is 4.39 Å². The lowest BCUT2D eigenvalue weighted by Gasteiger charge is -2.10. The Morgan fingerprint density at radius 2 is 2.06 bits per heavy atom. The van der Waals surface area contributed by atoms with E-state index in [1.807, 2.05) is 6.92 Å². The van der Waals surface area contributed by atoms with E-state index in [9.17, 15) is 4.39 Å². The summed E-state index contributed by atoms with van der Waals surface area (Å²) in [6.07, 6.45) is 1.17. The molecule has 1 rings (SSSR count). The molecule has 0 aromatic heterocycles. The van der Waals surface area contributed by atoms with Crippen molar-refractivity contribution in [3.05, 3.63) is 29.6 Å². The fourth-order valence-corrected chi connectivity index (χ4v) is 1.48. The van der Waals surface area contributed by atoms with Gasteiger partial charge in [0, 0.05) is 12.6 Å². The van der Waals surface area contributed by atoms with Crippen molar-refractivity contribution >= 4 is 0 Å². The van der Waals surface area contributed by atoms with E-state index in [4.69, 9.17) is 4.74 Å². The van der Waals surface area contributed by atoms with Gasteiger partial charge in [-0.3, -0.25) is 0 Å². The molecule has 0 radical (unpaired) electrons. The largest absolute Gasteiger partial charge is 0.492 e. The number of benzene rings is 1. The van der Waals surface area contributed by atoms with E-state index in [-0.39, 0.29) is 5.82 Å². The second kappa shape index (κ2) is 7.28. The van der Waals surface area contributed by atoms with E-state index in [1.165, 1.54) is 18.6 Å². The molecule has 0 aliphatic heterocycles. The van der Waals surface area contributed by atoms with Crippen molar-refractivity contribution < 1.29 is 9.13 Å². The van der Waals surface area contributed by atoms with Crippen LogP contribution >= 0.6 is 0 Å². The molecule has 0 spiro atoms. The Hall–Kier alpha value is -1.09. The number of aryl methyl sites for hydroxylation is 1. The minimum Gasteiger partial charge on any atom is -0.492 e. The van der Waals surface area contributed by atoms with Gasteiger partial charge in [-0.15, -0.1) is 0 Å². The zero-order valence-corrected chi connectivity index (χ0v) is 10.9. The molecule has 0 saturated carbocycles. The van der Waals surface area contributed by atoms with Crippen LogP contribution in [0.3, 0.4) is 0 Å². The van der Waals surface area contributed by atoms with Gasteiger partial charge in [0.15, 0.2) is 0 Å². The van der Waals surface area contributed by atoms with Gasteiger partial charge in [-0.2, -0.15) is 0 Å². The average molecular weight is 239 g/mol. The van der Waals surface area contributed by atoms with Crippen LogP contribution in [0.1, 0.15) is 25.8 Å². The molecular weight excluding hydrogens is 217 g/mol. The normalized spacial score (nSPS) is 10.9. The molecule has 0 unspecified atom stereocenters. The van der Waals surface area contributed by atoms with Crippen molar-refractivity contribution in [2.45, 2.75) is 27.2 Å². The van der Waals surface area contributed by atoms with Crippen molar-refractivity contribution in [1.29, 1.82) is 0 Å². The quantitative estimate of drug-likeness (QED) is 0.738. The Morgan fingerprint density at radius 1 is 1.29 bits per heavy atom. The van der Waals surface area contributed by atoms with Gasteiger partial charge in [0.05, 0.1) is 0 Å². The number of rotatable bonds is 7. The molecule has 0 atom stereocenters. The lowest BCUT2D eigenvalue weighted by molar-refractivity contribution is 0.309. The standard InChI is InChI=1S/C14H22FNO/c1-11(2)6-7-16-8-9-17-14-10-13(15)5-4-12(14)3/h4-5,10-11,16H,6-9H2,1-3H3. The van der Waals surface area contributed by atoms with Gasteiger partial charge >= 0.3 is 0 Å². The fourth-order valence-electron chi connectivity index (χ4n) is 1.48. The van der Waals surface area contributed by atoms with Crippen molar-refractivity contribution in [3.8, 4) is 5.75 Å². The molecule has 0 fully saturated rings. The Bertz CT molecular complexity index is 339. The third-order valence-corrected chi connectivity index (χ3v) is 2.59. The number of nitrogens with one attached hydrogen (secondary N) is 1. The Balaban J connectivity index is 2.20. The van der Waals surface area contributed by atoms with E-state index in [2.05, 4.69) is 19.2 Å². The Morgan fingerprint density at radius 3 is 2.76 bits per heavy atom. The summed E-state index contributed by atoms with van der Waals surface area (Å²) in [4.78, 5) is 0. The van der Waals surface area contributed by atoms with Crippen LogP contribution in [0, 0.1) is 18.7 Å². The molecule has 0 aliphatic rings. The molecule has 0 heterocycles. The topological polar surface area (TPSA) is 21.3 Å². The third kappa shape index (κ3) is 5.68. The summed E-state index contributed by atoms with van der Waals surface area (Å²) < 4.78 is 18.5. The molecule has 0 aliphatic carbocycles. The number of hydrogen-bond donors (Lipinski definition) is 1. The highest BCUT2D eigenvalue weighted by Gasteiger charge is 2.01. The summed E-state index contributed by atoms with van der Waals surface area (Å²) in [5.41, 5.74) is 0.966. The zero-order chi connectivity index (χ0) is 12.7. The highest BCUT2D eigenvalue weighted by molar-refractivity contribution is 5.32. The molecule has 1 aromatic rings. The summed E-state index contributed by atoms with van der Waals surface area (Å²) in [5, 5.41) is 3.30. The molecule has 0 saturated heterocycles. The minimum absolute atomic E-state index is 0.252. The maximum Gasteiger partial charge on any atom is 0.126 e. The van der Waals surface area contributed by atoms with E-state index in [1.54, 1.807) is 6.07 Å². The van der Waals surface area contributed by atoms with Crippen molar-refractivity contribution in [3.63, 3.8) is 0 Å². The van der Waals surface area contributed by atoms with Gasteiger partial charge in [-0.1, -0.05) is 19.9 Å². The van der Waals surface area contributed by atoms with Crippen LogP contribution in [0.4, 0.5) is 4.39 Å². The maximum atomic E-state index is 13.0. The number of hydrogen-bond acceptors (Lipinski definition) is 2. The first-order chi connectivity index (χ1) is 8.09. The predicted octanol–water partition coefficient (Wildman–Crippen LogP) is 3.15. The maximum absolute atomic E-state index is 13.0. The zero-order valence-electron chi connectivity index (χ0n) is 10.9. The average Bonchev–Trinajstić information content (AvgIpc) is 2.27. The highest BCUT2D eigenvalue weighted by atomic mass is 19.1. The van der Waals surface area contributed by atoms with Crippen LogP contribution in [0.15, 0.2) is 18.2 Å². The Labute approximate surface area is 103 Å². The minimum atomic E-state index is -0.252. The van der Waals surface area contributed by atoms with Gasteiger partial charge < -0.3 is 10.1 Å². The van der Waals surface area contributed by atoms with Gasteiger partial charge in [0.25, 0.3) is 0 Å². The first kappa shape index (κ1) is 14.0. The molecular formula is C14H22FNO. The predicted molar refractivity (Wildman–Crippen MR) is 69.0 cm³/mol. The van der Waals surface area contributed by atoms with Crippen LogP contribution in [-0.4, -0.2) is 19.7 Å². The Kier molecular flexibility index (Phi) is 5.98. The molecule has 1 aromatic carbocycles. The first-order valence-electron chi connectivity index (χ1n) is 6.19. The monoisotopic (exact) mass is 239 g/mol. The second-order valence-corrected chi connectivity index (χ2v) is 4.69. The molecule has 3 heteroatoms. The summed E-state index contributed by atoms with van der Waals surface area (Å²) in [5.74, 6) is 1.10. The SMILES string of the molecule is Cc1ccc(F)cc1OCCNCCC(C)C. The lowest BCUT2D eigenvalue weighted by atomic mass is 10.1. The summed E-state index contributed by atoms with van der Waals surface area (Å²) >= 11 is 0. The fraction of sp³-hybridized carbons (Fsp3) is 0.571. The smallest absolute Gasteiger partial charge is 0.126 e. The van der Waals surface area contributed by atoms with Crippen LogP contribution in [-0.2, 0) is 0 Å². The van der Waals surface area contributed by atoms with Crippen molar-refractivity contribution in [2.24, 2.45) is 5.92 Å². The second-order valence-electron chi connectivity index (χ2n) is 4.69. The lowest BCUT2D eigenvalue weighted by Crippen LogP contribution is -2.23. The summed E-state index contributed by atoms with van der Waals surface area (Å²) in [7, 11) is 0. The molecule has 2 nitrogen and oxygen atoms in total. The van der Waals surface area contributed by atoms with Crippen LogP contribution in [0.25, 0.3) is 0 Å².